The highest BCUT2D eigenvalue weighted by Gasteiger charge is 2.09. The Labute approximate surface area is 157 Å². The molecule has 0 saturated heterocycles. The van der Waals surface area contributed by atoms with E-state index in [0.29, 0.717) is 30.8 Å². The third kappa shape index (κ3) is 4.74. The molecule has 140 valence electrons. The van der Waals surface area contributed by atoms with Gasteiger partial charge in [0.15, 0.2) is 0 Å². The fourth-order valence-corrected chi connectivity index (χ4v) is 2.89. The first-order valence-electron chi connectivity index (χ1n) is 8.89. The van der Waals surface area contributed by atoms with Crippen LogP contribution >= 0.6 is 0 Å². The topological polar surface area (TPSA) is 83.2 Å². The van der Waals surface area contributed by atoms with Crippen LogP contribution in [0.3, 0.4) is 0 Å². The standard InChI is InChI=1S/C21H23N3O3/c1-27-13-12-23-21(26)16-8-6-15(7-9-16)20(25)22-11-10-17-14-24-19-5-3-2-4-18(17)19/h2-9,14,24H,10-13H2,1H3,(H,22,25)(H,23,26). The molecule has 0 aliphatic carbocycles. The smallest absolute Gasteiger partial charge is 0.251 e. The lowest BCUT2D eigenvalue weighted by Crippen LogP contribution is -2.27. The normalized spacial score (nSPS) is 10.7. The zero-order valence-electron chi connectivity index (χ0n) is 15.2. The Balaban J connectivity index is 1.51. The fourth-order valence-electron chi connectivity index (χ4n) is 2.89. The molecule has 0 fully saturated rings. The summed E-state index contributed by atoms with van der Waals surface area (Å²) in [6, 6.07) is 14.7. The molecule has 0 unspecified atom stereocenters. The molecular formula is C21H23N3O3. The Morgan fingerprint density at radius 3 is 2.22 bits per heavy atom. The molecule has 3 aromatic rings. The number of H-pyrrole nitrogens is 1. The molecule has 0 spiro atoms. The van der Waals surface area contributed by atoms with Crippen LogP contribution in [0.4, 0.5) is 0 Å². The Bertz CT molecular complexity index is 916. The number of fused-ring (bicyclic) bond motifs is 1. The van der Waals surface area contributed by atoms with Gasteiger partial charge in [-0.05, 0) is 42.3 Å². The first-order chi connectivity index (χ1) is 13.2. The van der Waals surface area contributed by atoms with Crippen LogP contribution < -0.4 is 10.6 Å². The number of para-hydroxylation sites is 1. The molecular weight excluding hydrogens is 342 g/mol. The minimum atomic E-state index is -0.182. The van der Waals surface area contributed by atoms with Gasteiger partial charge in [0.2, 0.25) is 0 Å². The summed E-state index contributed by atoms with van der Waals surface area (Å²) in [5.74, 6) is -0.334. The largest absolute Gasteiger partial charge is 0.383 e. The summed E-state index contributed by atoms with van der Waals surface area (Å²) in [4.78, 5) is 27.5. The maximum Gasteiger partial charge on any atom is 0.251 e. The summed E-state index contributed by atoms with van der Waals surface area (Å²) < 4.78 is 4.90. The number of ether oxygens (including phenoxy) is 1. The second-order valence-corrected chi connectivity index (χ2v) is 6.19. The van der Waals surface area contributed by atoms with Crippen LogP contribution in [0.15, 0.2) is 54.7 Å². The Morgan fingerprint density at radius 2 is 1.56 bits per heavy atom. The molecule has 1 aromatic heterocycles. The van der Waals surface area contributed by atoms with Crippen LogP contribution in [-0.4, -0.2) is 43.6 Å². The number of hydrogen-bond donors (Lipinski definition) is 3. The molecule has 0 aliphatic heterocycles. The number of nitrogens with one attached hydrogen (secondary N) is 3. The second kappa shape index (κ2) is 9.00. The van der Waals surface area contributed by atoms with Crippen LogP contribution in [0, 0.1) is 0 Å². The minimum Gasteiger partial charge on any atom is -0.383 e. The van der Waals surface area contributed by atoms with Crippen molar-refractivity contribution in [1.82, 2.24) is 15.6 Å². The summed E-state index contributed by atoms with van der Waals surface area (Å²) in [6.45, 7) is 1.45. The predicted octanol–water partition coefficient (Wildman–Crippen LogP) is 2.52. The van der Waals surface area contributed by atoms with Gasteiger partial charge in [-0.3, -0.25) is 9.59 Å². The van der Waals surface area contributed by atoms with E-state index in [1.165, 1.54) is 10.9 Å². The zero-order chi connectivity index (χ0) is 19.1. The molecule has 1 heterocycles. The van der Waals surface area contributed by atoms with Crippen LogP contribution in [0.2, 0.25) is 0 Å². The van der Waals surface area contributed by atoms with E-state index in [9.17, 15) is 9.59 Å². The average molecular weight is 365 g/mol. The van der Waals surface area contributed by atoms with Crippen molar-refractivity contribution in [2.75, 3.05) is 26.8 Å². The van der Waals surface area contributed by atoms with Gasteiger partial charge in [-0.15, -0.1) is 0 Å². The Hall–Kier alpha value is -3.12. The van der Waals surface area contributed by atoms with Gasteiger partial charge in [0.05, 0.1) is 6.61 Å². The van der Waals surface area contributed by atoms with Gasteiger partial charge in [-0.2, -0.15) is 0 Å². The van der Waals surface area contributed by atoms with Crippen LogP contribution in [0.5, 0.6) is 0 Å². The molecule has 6 nitrogen and oxygen atoms in total. The van der Waals surface area contributed by atoms with E-state index < -0.39 is 0 Å². The summed E-state index contributed by atoms with van der Waals surface area (Å²) in [7, 11) is 1.58. The van der Waals surface area contributed by atoms with Crippen molar-refractivity contribution in [2.45, 2.75) is 6.42 Å². The number of amides is 2. The van der Waals surface area contributed by atoms with Crippen molar-refractivity contribution in [3.05, 3.63) is 71.4 Å². The molecule has 0 aliphatic rings. The maximum atomic E-state index is 12.3. The molecule has 3 rings (SSSR count). The molecule has 0 atom stereocenters. The lowest BCUT2D eigenvalue weighted by atomic mass is 10.1. The lowest BCUT2D eigenvalue weighted by Gasteiger charge is -2.07. The summed E-state index contributed by atoms with van der Waals surface area (Å²) in [5.41, 5.74) is 3.32. The van der Waals surface area contributed by atoms with Gasteiger partial charge in [-0.25, -0.2) is 0 Å². The number of hydrogen-bond acceptors (Lipinski definition) is 3. The molecule has 0 bridgehead atoms. The lowest BCUT2D eigenvalue weighted by molar-refractivity contribution is 0.0931. The molecule has 0 radical (unpaired) electrons. The number of rotatable bonds is 8. The third-order valence-electron chi connectivity index (χ3n) is 4.36. The van der Waals surface area contributed by atoms with Crippen LogP contribution in [0.25, 0.3) is 10.9 Å². The molecule has 27 heavy (non-hydrogen) atoms. The number of aromatic amines is 1. The third-order valence-corrected chi connectivity index (χ3v) is 4.36. The van der Waals surface area contributed by atoms with Crippen molar-refractivity contribution < 1.29 is 14.3 Å². The summed E-state index contributed by atoms with van der Waals surface area (Å²) >= 11 is 0. The van der Waals surface area contributed by atoms with Gasteiger partial charge in [0, 0.05) is 48.4 Å². The van der Waals surface area contributed by atoms with Crippen molar-refractivity contribution in [3.63, 3.8) is 0 Å². The van der Waals surface area contributed by atoms with Gasteiger partial charge >= 0.3 is 0 Å². The van der Waals surface area contributed by atoms with Gasteiger partial charge < -0.3 is 20.4 Å². The van der Waals surface area contributed by atoms with E-state index in [4.69, 9.17) is 4.74 Å². The molecule has 3 N–H and O–H groups in total. The van der Waals surface area contributed by atoms with Crippen molar-refractivity contribution >= 4 is 22.7 Å². The highest BCUT2D eigenvalue weighted by atomic mass is 16.5. The van der Waals surface area contributed by atoms with E-state index in [1.54, 1.807) is 31.4 Å². The minimum absolute atomic E-state index is 0.152. The number of aromatic nitrogens is 1. The molecule has 2 amide bonds. The highest BCUT2D eigenvalue weighted by Crippen LogP contribution is 2.17. The number of methoxy groups -OCH3 is 1. The predicted molar refractivity (Wildman–Crippen MR) is 105 cm³/mol. The monoisotopic (exact) mass is 365 g/mol. The van der Waals surface area contributed by atoms with E-state index in [-0.39, 0.29) is 11.8 Å². The van der Waals surface area contributed by atoms with Gasteiger partial charge in [0.25, 0.3) is 11.8 Å². The number of benzene rings is 2. The van der Waals surface area contributed by atoms with Crippen LogP contribution in [0.1, 0.15) is 26.3 Å². The van der Waals surface area contributed by atoms with Crippen molar-refractivity contribution in [3.8, 4) is 0 Å². The van der Waals surface area contributed by atoms with E-state index in [2.05, 4.69) is 21.7 Å². The average Bonchev–Trinajstić information content (AvgIpc) is 3.11. The fraction of sp³-hybridized carbons (Fsp3) is 0.238. The van der Waals surface area contributed by atoms with E-state index in [1.807, 2.05) is 24.4 Å². The SMILES string of the molecule is COCCNC(=O)c1ccc(C(=O)NCCc2c[nH]c3ccccc23)cc1. The number of carbonyl (C=O) groups excluding carboxylic acids is 2. The second-order valence-electron chi connectivity index (χ2n) is 6.19. The molecule has 6 heteroatoms. The van der Waals surface area contributed by atoms with Gasteiger partial charge in [0.1, 0.15) is 0 Å². The zero-order valence-corrected chi connectivity index (χ0v) is 15.2. The quantitative estimate of drug-likeness (QED) is 0.537. The molecule has 0 saturated carbocycles. The molecule has 2 aromatic carbocycles. The Kier molecular flexibility index (Phi) is 6.22. The van der Waals surface area contributed by atoms with E-state index >= 15 is 0 Å². The summed E-state index contributed by atoms with van der Waals surface area (Å²) in [6.07, 6.45) is 2.73. The van der Waals surface area contributed by atoms with Crippen LogP contribution in [-0.2, 0) is 11.2 Å². The van der Waals surface area contributed by atoms with Crippen molar-refractivity contribution in [2.24, 2.45) is 0 Å². The maximum absolute atomic E-state index is 12.3. The van der Waals surface area contributed by atoms with Crippen molar-refractivity contribution in [1.29, 1.82) is 0 Å². The highest BCUT2D eigenvalue weighted by molar-refractivity contribution is 5.97. The van der Waals surface area contributed by atoms with E-state index in [0.717, 1.165) is 11.9 Å². The Morgan fingerprint density at radius 1 is 0.926 bits per heavy atom. The first-order valence-corrected chi connectivity index (χ1v) is 8.89. The first kappa shape index (κ1) is 18.7. The van der Waals surface area contributed by atoms with Gasteiger partial charge in [-0.1, -0.05) is 18.2 Å². The summed E-state index contributed by atoms with van der Waals surface area (Å²) in [5, 5.41) is 6.84. The number of carbonyl (C=O) groups is 2.